The van der Waals surface area contributed by atoms with Gasteiger partial charge >= 0.3 is 0 Å². The van der Waals surface area contributed by atoms with Crippen molar-refractivity contribution >= 4 is 28.7 Å². The summed E-state index contributed by atoms with van der Waals surface area (Å²) in [5.74, 6) is 0.157. The van der Waals surface area contributed by atoms with Gasteiger partial charge in [-0.3, -0.25) is 4.79 Å². The minimum atomic E-state index is -0.0140. The van der Waals surface area contributed by atoms with Gasteiger partial charge in [0, 0.05) is 0 Å². The van der Waals surface area contributed by atoms with Gasteiger partial charge in [0.05, 0.1) is 15.9 Å². The summed E-state index contributed by atoms with van der Waals surface area (Å²) >= 11 is 7.35. The van der Waals surface area contributed by atoms with Crippen molar-refractivity contribution in [3.63, 3.8) is 0 Å². The van der Waals surface area contributed by atoms with Gasteiger partial charge in [-0.1, -0.05) is 18.0 Å². The maximum Gasteiger partial charge on any atom is 0.191 e. The van der Waals surface area contributed by atoms with Gasteiger partial charge in [0.1, 0.15) is 0 Å². The highest BCUT2D eigenvalue weighted by atomic mass is 35.5. The van der Waals surface area contributed by atoms with E-state index in [4.69, 9.17) is 11.6 Å². The molecule has 0 spiro atoms. The van der Waals surface area contributed by atoms with Crippen LogP contribution in [0.5, 0.6) is 0 Å². The zero-order chi connectivity index (χ0) is 9.97. The molecule has 1 fully saturated rings. The van der Waals surface area contributed by atoms with E-state index in [2.05, 4.69) is 5.32 Å². The van der Waals surface area contributed by atoms with Gasteiger partial charge in [-0.15, -0.1) is 11.3 Å². The van der Waals surface area contributed by atoms with Crippen LogP contribution in [0.4, 0.5) is 0 Å². The quantitative estimate of drug-likeness (QED) is 0.791. The summed E-state index contributed by atoms with van der Waals surface area (Å²) in [6, 6.07) is 1.77. The smallest absolute Gasteiger partial charge is 0.191 e. The summed E-state index contributed by atoms with van der Waals surface area (Å²) in [7, 11) is 0. The molecule has 1 saturated heterocycles. The molecule has 1 aromatic heterocycles. The van der Waals surface area contributed by atoms with E-state index in [1.807, 2.05) is 5.38 Å². The van der Waals surface area contributed by atoms with Crippen LogP contribution in [0.3, 0.4) is 0 Å². The average Bonchev–Trinajstić information content (AvgIpc) is 2.65. The second-order valence-corrected chi connectivity index (χ2v) is 4.79. The van der Waals surface area contributed by atoms with Crippen LogP contribution in [0, 0.1) is 0 Å². The zero-order valence-electron chi connectivity index (χ0n) is 7.75. The fraction of sp³-hybridized carbons (Fsp3) is 0.500. The summed E-state index contributed by atoms with van der Waals surface area (Å²) in [4.78, 5) is 12.6. The first-order valence-corrected chi connectivity index (χ1v) is 6.05. The summed E-state index contributed by atoms with van der Waals surface area (Å²) in [5.41, 5.74) is 0. The molecule has 1 aliphatic heterocycles. The molecule has 1 N–H and O–H groups in total. The van der Waals surface area contributed by atoms with Crippen LogP contribution in [0.2, 0.25) is 5.02 Å². The Morgan fingerprint density at radius 1 is 1.57 bits per heavy atom. The molecule has 1 atom stereocenters. The van der Waals surface area contributed by atoms with Crippen molar-refractivity contribution in [3.05, 3.63) is 21.3 Å². The first-order valence-electron chi connectivity index (χ1n) is 4.79. The van der Waals surface area contributed by atoms with Crippen molar-refractivity contribution in [2.45, 2.75) is 25.3 Å². The maximum atomic E-state index is 11.9. The first kappa shape index (κ1) is 10.1. The second-order valence-electron chi connectivity index (χ2n) is 3.46. The Morgan fingerprint density at radius 3 is 3.00 bits per heavy atom. The SMILES string of the molecule is O=C(c1sccc1Cl)C1CCCCN1. The minimum Gasteiger partial charge on any atom is -0.307 e. The largest absolute Gasteiger partial charge is 0.307 e. The first-order chi connectivity index (χ1) is 6.79. The molecule has 0 bridgehead atoms. The van der Waals surface area contributed by atoms with Gasteiger partial charge in [-0.25, -0.2) is 0 Å². The summed E-state index contributed by atoms with van der Waals surface area (Å²) < 4.78 is 0. The fourth-order valence-electron chi connectivity index (χ4n) is 1.70. The lowest BCUT2D eigenvalue weighted by Gasteiger charge is -2.21. The lowest BCUT2D eigenvalue weighted by atomic mass is 10.0. The Kier molecular flexibility index (Phi) is 3.21. The summed E-state index contributed by atoms with van der Waals surface area (Å²) in [6.07, 6.45) is 3.24. The molecule has 0 saturated carbocycles. The molecule has 0 radical (unpaired) electrons. The van der Waals surface area contributed by atoms with E-state index in [0.29, 0.717) is 9.90 Å². The van der Waals surface area contributed by atoms with Gasteiger partial charge in [-0.05, 0) is 30.8 Å². The summed E-state index contributed by atoms with van der Waals surface area (Å²) in [5, 5.41) is 5.68. The van der Waals surface area contributed by atoms with E-state index in [9.17, 15) is 4.79 Å². The number of carbonyl (C=O) groups is 1. The van der Waals surface area contributed by atoms with Crippen molar-refractivity contribution < 1.29 is 4.79 Å². The number of halogens is 1. The van der Waals surface area contributed by atoms with Crippen molar-refractivity contribution in [1.29, 1.82) is 0 Å². The van der Waals surface area contributed by atoms with Crippen molar-refractivity contribution in [3.8, 4) is 0 Å². The Hall–Kier alpha value is -0.380. The highest BCUT2D eigenvalue weighted by Gasteiger charge is 2.24. The fourth-order valence-corrected chi connectivity index (χ4v) is 2.85. The van der Waals surface area contributed by atoms with E-state index >= 15 is 0 Å². The van der Waals surface area contributed by atoms with Crippen LogP contribution in [0.25, 0.3) is 0 Å². The number of hydrogen-bond acceptors (Lipinski definition) is 3. The van der Waals surface area contributed by atoms with Crippen LogP contribution < -0.4 is 5.32 Å². The third-order valence-corrected chi connectivity index (χ3v) is 3.82. The highest BCUT2D eigenvalue weighted by Crippen LogP contribution is 2.25. The molecule has 0 aromatic carbocycles. The van der Waals surface area contributed by atoms with E-state index in [0.717, 1.165) is 19.4 Å². The molecule has 0 amide bonds. The monoisotopic (exact) mass is 229 g/mol. The lowest BCUT2D eigenvalue weighted by molar-refractivity contribution is 0.0931. The molecule has 0 aliphatic carbocycles. The zero-order valence-corrected chi connectivity index (χ0v) is 9.33. The third-order valence-electron chi connectivity index (χ3n) is 2.47. The predicted octanol–water partition coefficient (Wildman–Crippen LogP) is 2.73. The number of piperidine rings is 1. The lowest BCUT2D eigenvalue weighted by Crippen LogP contribution is -2.40. The van der Waals surface area contributed by atoms with Crippen LogP contribution in [-0.2, 0) is 0 Å². The normalized spacial score (nSPS) is 22.2. The number of carbonyl (C=O) groups excluding carboxylic acids is 1. The topological polar surface area (TPSA) is 29.1 Å². The van der Waals surface area contributed by atoms with Gasteiger partial charge in [0.25, 0.3) is 0 Å². The number of hydrogen-bond donors (Lipinski definition) is 1. The third kappa shape index (κ3) is 2.00. The molecule has 2 nitrogen and oxygen atoms in total. The molecule has 76 valence electrons. The van der Waals surface area contributed by atoms with Crippen LogP contribution in [-0.4, -0.2) is 18.4 Å². The van der Waals surface area contributed by atoms with Gasteiger partial charge in [-0.2, -0.15) is 0 Å². The highest BCUT2D eigenvalue weighted by molar-refractivity contribution is 7.12. The molecule has 1 unspecified atom stereocenters. The molecule has 1 aromatic rings. The Labute approximate surface area is 92.3 Å². The molecule has 1 aliphatic rings. The van der Waals surface area contributed by atoms with E-state index in [1.165, 1.54) is 17.8 Å². The minimum absolute atomic E-state index is 0.0140. The number of Topliss-reactive ketones (excluding diaryl/α,β-unsaturated/α-hetero) is 1. The van der Waals surface area contributed by atoms with E-state index in [-0.39, 0.29) is 11.8 Å². The van der Waals surface area contributed by atoms with Crippen molar-refractivity contribution in [1.82, 2.24) is 5.32 Å². The van der Waals surface area contributed by atoms with Gasteiger partial charge in [0.15, 0.2) is 5.78 Å². The van der Waals surface area contributed by atoms with Crippen LogP contribution >= 0.6 is 22.9 Å². The molecular weight excluding hydrogens is 218 g/mol. The number of rotatable bonds is 2. The Balaban J connectivity index is 2.11. The molecule has 2 heterocycles. The van der Waals surface area contributed by atoms with E-state index < -0.39 is 0 Å². The number of thiophene rings is 1. The molecule has 14 heavy (non-hydrogen) atoms. The molecule has 2 rings (SSSR count). The van der Waals surface area contributed by atoms with Crippen molar-refractivity contribution in [2.24, 2.45) is 0 Å². The predicted molar refractivity (Wildman–Crippen MR) is 59.3 cm³/mol. The Bertz CT molecular complexity index is 331. The van der Waals surface area contributed by atoms with Crippen LogP contribution in [0.1, 0.15) is 28.9 Å². The average molecular weight is 230 g/mol. The van der Waals surface area contributed by atoms with Gasteiger partial charge in [0.2, 0.25) is 0 Å². The molecular formula is C10H12ClNOS. The second kappa shape index (κ2) is 4.43. The van der Waals surface area contributed by atoms with E-state index in [1.54, 1.807) is 6.07 Å². The molecule has 4 heteroatoms. The maximum absolute atomic E-state index is 11.9. The van der Waals surface area contributed by atoms with Crippen LogP contribution in [0.15, 0.2) is 11.4 Å². The summed E-state index contributed by atoms with van der Waals surface area (Å²) in [6.45, 7) is 0.944. The van der Waals surface area contributed by atoms with Gasteiger partial charge < -0.3 is 5.32 Å². The standard InChI is InChI=1S/C10H12ClNOS/c11-7-4-6-14-10(7)9(13)8-3-1-2-5-12-8/h4,6,8,12H,1-3,5H2. The Morgan fingerprint density at radius 2 is 2.43 bits per heavy atom. The van der Waals surface area contributed by atoms with Crippen molar-refractivity contribution in [2.75, 3.05) is 6.54 Å². The number of nitrogens with one attached hydrogen (secondary N) is 1. The number of ketones is 1.